The van der Waals surface area contributed by atoms with Crippen molar-refractivity contribution >= 4 is 29.1 Å². The van der Waals surface area contributed by atoms with Crippen LogP contribution in [0.4, 0.5) is 5.69 Å². The summed E-state index contributed by atoms with van der Waals surface area (Å²) in [5.74, 6) is -1.60. The second kappa shape index (κ2) is 11.3. The van der Waals surface area contributed by atoms with Crippen molar-refractivity contribution in [1.82, 2.24) is 0 Å². The number of ether oxygens (including phenoxy) is 2. The van der Waals surface area contributed by atoms with Gasteiger partial charge in [0.25, 0.3) is 11.7 Å². The van der Waals surface area contributed by atoms with Crippen molar-refractivity contribution in [1.29, 1.82) is 0 Å². The molecule has 196 valence electrons. The summed E-state index contributed by atoms with van der Waals surface area (Å²) in [4.78, 5) is 40.4. The monoisotopic (exact) mass is 513 g/mol. The van der Waals surface area contributed by atoms with Gasteiger partial charge in [-0.2, -0.15) is 0 Å². The number of Topliss-reactive ketones (excluding diaryl/α,β-unsaturated/α-hetero) is 1. The summed E-state index contributed by atoms with van der Waals surface area (Å²) >= 11 is 0. The van der Waals surface area contributed by atoms with E-state index in [-0.39, 0.29) is 17.4 Å². The average molecular weight is 514 g/mol. The minimum absolute atomic E-state index is 0.00822. The topological polar surface area (TPSA) is 93.1 Å². The number of aryl methyl sites for hydroxylation is 1. The maximum Gasteiger partial charge on any atom is 0.338 e. The Morgan fingerprint density at radius 1 is 0.974 bits per heavy atom. The van der Waals surface area contributed by atoms with E-state index in [1.807, 2.05) is 32.0 Å². The van der Waals surface area contributed by atoms with Crippen LogP contribution in [0.25, 0.3) is 5.76 Å². The van der Waals surface area contributed by atoms with E-state index in [0.717, 1.165) is 12.0 Å². The average Bonchev–Trinajstić information content (AvgIpc) is 3.17. The molecule has 3 aromatic rings. The lowest BCUT2D eigenvalue weighted by atomic mass is 9.94. The van der Waals surface area contributed by atoms with E-state index >= 15 is 0 Å². The van der Waals surface area contributed by atoms with Crippen LogP contribution in [0.3, 0.4) is 0 Å². The summed E-state index contributed by atoms with van der Waals surface area (Å²) in [6.45, 7) is 7.97. The number of nitrogens with zero attached hydrogens (tertiary/aromatic N) is 1. The fourth-order valence-corrected chi connectivity index (χ4v) is 4.42. The van der Waals surface area contributed by atoms with Crippen LogP contribution in [0.15, 0.2) is 78.4 Å². The standard InChI is InChI=1S/C31H31NO6/c1-5-17-37-25-16-13-23(18-20(25)4)28(33)26-27(21-9-7-6-8-10-21)32(30(35)29(26)34)24-14-11-22(12-15-24)31(36)38-19(2)3/h6-16,18-19,27,33H,5,17H2,1-4H3/b28-26-. The highest BCUT2D eigenvalue weighted by atomic mass is 16.5. The van der Waals surface area contributed by atoms with Crippen LogP contribution in [-0.2, 0) is 14.3 Å². The molecule has 1 aliphatic heterocycles. The molecular weight excluding hydrogens is 482 g/mol. The molecule has 4 rings (SSSR count). The molecule has 1 atom stereocenters. The van der Waals surface area contributed by atoms with E-state index in [1.54, 1.807) is 68.4 Å². The lowest BCUT2D eigenvalue weighted by molar-refractivity contribution is -0.132. The van der Waals surface area contributed by atoms with Gasteiger partial charge < -0.3 is 14.6 Å². The van der Waals surface area contributed by atoms with Crippen LogP contribution >= 0.6 is 0 Å². The summed E-state index contributed by atoms with van der Waals surface area (Å²) in [5.41, 5.74) is 2.62. The van der Waals surface area contributed by atoms with Gasteiger partial charge in [-0.05, 0) is 80.8 Å². The zero-order valence-corrected chi connectivity index (χ0v) is 21.9. The summed E-state index contributed by atoms with van der Waals surface area (Å²) in [6.07, 6.45) is 0.593. The number of ketones is 1. The minimum atomic E-state index is -0.860. The van der Waals surface area contributed by atoms with Crippen LogP contribution in [-0.4, -0.2) is 35.5 Å². The number of carbonyl (C=O) groups excluding carboxylic acids is 3. The molecule has 38 heavy (non-hydrogen) atoms. The van der Waals surface area contributed by atoms with Crippen molar-refractivity contribution in [3.63, 3.8) is 0 Å². The Hall–Kier alpha value is -4.39. The fourth-order valence-electron chi connectivity index (χ4n) is 4.42. The summed E-state index contributed by atoms with van der Waals surface area (Å²) in [5, 5.41) is 11.4. The normalized spacial score (nSPS) is 16.7. The van der Waals surface area contributed by atoms with E-state index in [9.17, 15) is 19.5 Å². The molecule has 0 spiro atoms. The van der Waals surface area contributed by atoms with Gasteiger partial charge in [0, 0.05) is 11.3 Å². The molecule has 1 saturated heterocycles. The Balaban J connectivity index is 1.79. The van der Waals surface area contributed by atoms with Gasteiger partial charge in [-0.15, -0.1) is 0 Å². The first-order valence-electron chi connectivity index (χ1n) is 12.6. The number of aliphatic hydroxyl groups is 1. The van der Waals surface area contributed by atoms with Gasteiger partial charge in [0.15, 0.2) is 0 Å². The highest BCUT2D eigenvalue weighted by Crippen LogP contribution is 2.42. The number of rotatable bonds is 8. The van der Waals surface area contributed by atoms with Crippen molar-refractivity contribution < 1.29 is 29.0 Å². The molecule has 7 heteroatoms. The molecule has 1 N–H and O–H groups in total. The SMILES string of the molecule is CCCOc1ccc(/C(O)=C2/C(=O)C(=O)N(c3ccc(C(=O)OC(C)C)cc3)C2c2ccccc2)cc1C. The number of hydrogen-bond acceptors (Lipinski definition) is 6. The van der Waals surface area contributed by atoms with Crippen molar-refractivity contribution in [2.24, 2.45) is 0 Å². The van der Waals surface area contributed by atoms with Gasteiger partial charge in [-0.25, -0.2) is 4.79 Å². The van der Waals surface area contributed by atoms with Gasteiger partial charge in [0.1, 0.15) is 11.5 Å². The quantitative estimate of drug-likeness (QED) is 0.173. The first kappa shape index (κ1) is 26.7. The van der Waals surface area contributed by atoms with E-state index in [0.29, 0.717) is 34.7 Å². The number of benzene rings is 3. The lowest BCUT2D eigenvalue weighted by Crippen LogP contribution is -2.29. The van der Waals surface area contributed by atoms with Crippen LogP contribution < -0.4 is 9.64 Å². The maximum absolute atomic E-state index is 13.4. The van der Waals surface area contributed by atoms with E-state index in [1.165, 1.54) is 4.90 Å². The Morgan fingerprint density at radius 3 is 2.24 bits per heavy atom. The van der Waals surface area contributed by atoms with E-state index in [2.05, 4.69) is 0 Å². The maximum atomic E-state index is 13.4. The third-order valence-corrected chi connectivity index (χ3v) is 6.19. The van der Waals surface area contributed by atoms with Crippen molar-refractivity contribution in [2.75, 3.05) is 11.5 Å². The number of amides is 1. The molecule has 0 aromatic heterocycles. The second-order valence-corrected chi connectivity index (χ2v) is 9.41. The third kappa shape index (κ3) is 5.32. The van der Waals surface area contributed by atoms with Gasteiger partial charge in [-0.1, -0.05) is 37.3 Å². The van der Waals surface area contributed by atoms with Crippen LogP contribution in [0.2, 0.25) is 0 Å². The summed E-state index contributed by atoms with van der Waals surface area (Å²) in [7, 11) is 0. The Labute approximate surface area is 222 Å². The molecule has 0 bridgehead atoms. The van der Waals surface area contributed by atoms with Crippen LogP contribution in [0.1, 0.15) is 60.3 Å². The highest BCUT2D eigenvalue weighted by Gasteiger charge is 2.47. The molecule has 0 saturated carbocycles. The van der Waals surface area contributed by atoms with Gasteiger partial charge >= 0.3 is 5.97 Å². The molecule has 0 aliphatic carbocycles. The number of carbonyl (C=O) groups is 3. The minimum Gasteiger partial charge on any atom is -0.507 e. The first-order valence-corrected chi connectivity index (χ1v) is 12.6. The van der Waals surface area contributed by atoms with E-state index < -0.39 is 23.7 Å². The highest BCUT2D eigenvalue weighted by molar-refractivity contribution is 6.51. The predicted molar refractivity (Wildman–Crippen MR) is 145 cm³/mol. The number of esters is 1. The largest absolute Gasteiger partial charge is 0.507 e. The van der Waals surface area contributed by atoms with E-state index in [4.69, 9.17) is 9.47 Å². The van der Waals surface area contributed by atoms with Crippen molar-refractivity contribution in [2.45, 2.75) is 46.3 Å². The molecule has 1 amide bonds. The van der Waals surface area contributed by atoms with Gasteiger partial charge in [0.2, 0.25) is 0 Å². The molecule has 1 unspecified atom stereocenters. The molecule has 3 aromatic carbocycles. The fraction of sp³-hybridized carbons (Fsp3) is 0.258. The molecule has 1 fully saturated rings. The zero-order valence-electron chi connectivity index (χ0n) is 21.9. The summed E-state index contributed by atoms with van der Waals surface area (Å²) in [6, 6.07) is 19.7. The molecule has 7 nitrogen and oxygen atoms in total. The van der Waals surface area contributed by atoms with Crippen molar-refractivity contribution in [3.05, 3.63) is 101 Å². The van der Waals surface area contributed by atoms with Gasteiger partial charge in [-0.3, -0.25) is 14.5 Å². The first-order chi connectivity index (χ1) is 18.2. The predicted octanol–water partition coefficient (Wildman–Crippen LogP) is 5.98. The van der Waals surface area contributed by atoms with Crippen LogP contribution in [0, 0.1) is 6.92 Å². The number of anilines is 1. The van der Waals surface area contributed by atoms with Crippen molar-refractivity contribution in [3.8, 4) is 5.75 Å². The molecule has 1 aliphatic rings. The number of aliphatic hydroxyl groups excluding tert-OH is 1. The Morgan fingerprint density at radius 2 is 1.63 bits per heavy atom. The smallest absolute Gasteiger partial charge is 0.338 e. The van der Waals surface area contributed by atoms with Gasteiger partial charge in [0.05, 0.1) is 29.9 Å². The molecule has 0 radical (unpaired) electrons. The van der Waals surface area contributed by atoms with Crippen LogP contribution in [0.5, 0.6) is 5.75 Å². The second-order valence-electron chi connectivity index (χ2n) is 9.41. The molecule has 1 heterocycles. The molecular formula is C31H31NO6. The lowest BCUT2D eigenvalue weighted by Gasteiger charge is -2.25. The summed E-state index contributed by atoms with van der Waals surface area (Å²) < 4.78 is 11.0. The Kier molecular flexibility index (Phi) is 7.96. The number of hydrogen-bond donors (Lipinski definition) is 1. The zero-order chi connectivity index (χ0) is 27.4. The Bertz CT molecular complexity index is 1380. The third-order valence-electron chi connectivity index (χ3n) is 6.19.